The van der Waals surface area contributed by atoms with Gasteiger partial charge in [0, 0.05) is 45.3 Å². The molecule has 1 aliphatic rings. The van der Waals surface area contributed by atoms with E-state index in [0.717, 1.165) is 6.07 Å². The number of likely N-dealkylation sites (tertiary alicyclic amines) is 1. The monoisotopic (exact) mass is 460 g/mol. The first-order valence-electron chi connectivity index (χ1n) is 10.4. The lowest BCUT2D eigenvalue weighted by molar-refractivity contribution is 0.0957. The average molecular weight is 460 g/mol. The second-order valence-electron chi connectivity index (χ2n) is 8.08. The van der Waals surface area contributed by atoms with Crippen LogP contribution in [0.4, 0.5) is 18.9 Å². The molecule has 1 aromatic carbocycles. The largest absolute Gasteiger partial charge is 0.367 e. The van der Waals surface area contributed by atoms with Crippen LogP contribution in [0.3, 0.4) is 0 Å². The molecule has 0 spiro atoms. The van der Waals surface area contributed by atoms with E-state index in [1.54, 1.807) is 11.9 Å². The normalized spacial score (nSPS) is 16.4. The van der Waals surface area contributed by atoms with Gasteiger partial charge in [-0.1, -0.05) is 0 Å². The van der Waals surface area contributed by atoms with Gasteiger partial charge in [-0.2, -0.15) is 4.39 Å². The fraction of sp³-hybridized carbons (Fsp3) is 0.364. The summed E-state index contributed by atoms with van der Waals surface area (Å²) >= 11 is 0. The summed E-state index contributed by atoms with van der Waals surface area (Å²) in [6.07, 6.45) is 0.669. The van der Waals surface area contributed by atoms with Crippen molar-refractivity contribution in [2.45, 2.75) is 25.9 Å². The number of carbonyl (C=O) groups excluding carboxylic acids is 1. The first kappa shape index (κ1) is 22.7. The molecule has 3 aromatic rings. The molecule has 1 aliphatic heterocycles. The van der Waals surface area contributed by atoms with E-state index in [0.29, 0.717) is 19.5 Å². The summed E-state index contributed by atoms with van der Waals surface area (Å²) in [5.41, 5.74) is -0.642. The second-order valence-corrected chi connectivity index (χ2v) is 8.08. The summed E-state index contributed by atoms with van der Waals surface area (Å²) in [6, 6.07) is 3.95. The Morgan fingerprint density at radius 2 is 2.06 bits per heavy atom. The predicted molar refractivity (Wildman–Crippen MR) is 117 cm³/mol. The maximum Gasteiger partial charge on any atom is 0.269 e. The molecule has 8 nitrogen and oxygen atoms in total. The lowest BCUT2D eigenvalue weighted by atomic mass is 10.1. The van der Waals surface area contributed by atoms with Gasteiger partial charge < -0.3 is 15.2 Å². The minimum atomic E-state index is -0.758. The lowest BCUT2D eigenvalue weighted by Gasteiger charge is -2.27. The molecule has 174 valence electrons. The minimum Gasteiger partial charge on any atom is -0.367 e. The van der Waals surface area contributed by atoms with Crippen molar-refractivity contribution in [2.24, 2.45) is 0 Å². The molecule has 33 heavy (non-hydrogen) atoms. The number of aryl methyl sites for hydroxylation is 1. The van der Waals surface area contributed by atoms with Crippen molar-refractivity contribution < 1.29 is 18.0 Å². The number of nitrogens with one attached hydrogen (secondary N) is 2. The number of aromatic amines is 1. The Morgan fingerprint density at radius 1 is 1.30 bits per heavy atom. The predicted octanol–water partition coefficient (Wildman–Crippen LogP) is 2.11. The zero-order valence-corrected chi connectivity index (χ0v) is 18.4. The number of rotatable bonds is 5. The van der Waals surface area contributed by atoms with E-state index < -0.39 is 29.0 Å². The molecule has 1 atom stereocenters. The number of benzene rings is 1. The standard InChI is InChI=1S/C22H23F3N6O2/c1-11-21(32)29-19-17(24)12(8-14(23)18(19)27-11)9-31-7-6-13(10-31)30(3)16-5-4-15(22(33)26-2)28-20(16)25/h4-5,8,13H,6-7,9-10H2,1-3H3,(H,26,33)(H,29,32). The number of carbonyl (C=O) groups is 1. The van der Waals surface area contributed by atoms with E-state index >= 15 is 4.39 Å². The number of likely N-dealkylation sites (N-methyl/N-ethyl adjacent to an activating group) is 1. The molecule has 4 rings (SSSR count). The van der Waals surface area contributed by atoms with E-state index in [1.165, 1.54) is 26.1 Å². The molecule has 1 fully saturated rings. The first-order chi connectivity index (χ1) is 15.7. The van der Waals surface area contributed by atoms with Crippen LogP contribution in [-0.4, -0.2) is 59.0 Å². The van der Waals surface area contributed by atoms with Gasteiger partial charge in [0.2, 0.25) is 5.95 Å². The third-order valence-electron chi connectivity index (χ3n) is 5.97. The zero-order chi connectivity index (χ0) is 23.9. The molecule has 0 radical (unpaired) electrons. The molecule has 1 unspecified atom stereocenters. The maximum atomic E-state index is 15.0. The van der Waals surface area contributed by atoms with Crippen molar-refractivity contribution >= 4 is 22.6 Å². The first-order valence-corrected chi connectivity index (χ1v) is 10.4. The van der Waals surface area contributed by atoms with Crippen LogP contribution >= 0.6 is 0 Å². The van der Waals surface area contributed by atoms with Crippen molar-refractivity contribution in [3.63, 3.8) is 0 Å². The van der Waals surface area contributed by atoms with Gasteiger partial charge in [0.15, 0.2) is 11.6 Å². The highest BCUT2D eigenvalue weighted by Crippen LogP contribution is 2.27. The Kier molecular flexibility index (Phi) is 6.07. The molecule has 0 bridgehead atoms. The van der Waals surface area contributed by atoms with Crippen LogP contribution in [0.25, 0.3) is 11.0 Å². The number of hydrogen-bond donors (Lipinski definition) is 2. The van der Waals surface area contributed by atoms with Gasteiger partial charge >= 0.3 is 0 Å². The number of anilines is 1. The van der Waals surface area contributed by atoms with Gasteiger partial charge in [0.1, 0.15) is 22.4 Å². The Morgan fingerprint density at radius 3 is 2.76 bits per heavy atom. The summed E-state index contributed by atoms with van der Waals surface area (Å²) in [7, 11) is 3.16. The number of nitrogens with zero attached hydrogens (tertiary/aromatic N) is 4. The molecular weight excluding hydrogens is 437 g/mol. The van der Waals surface area contributed by atoms with Gasteiger partial charge in [-0.3, -0.25) is 14.5 Å². The zero-order valence-electron chi connectivity index (χ0n) is 18.4. The number of H-pyrrole nitrogens is 1. The van der Waals surface area contributed by atoms with Crippen molar-refractivity contribution in [3.8, 4) is 0 Å². The van der Waals surface area contributed by atoms with Crippen molar-refractivity contribution in [1.29, 1.82) is 0 Å². The Labute approximate surface area is 187 Å². The van der Waals surface area contributed by atoms with E-state index in [2.05, 4.69) is 20.3 Å². The smallest absolute Gasteiger partial charge is 0.269 e. The molecule has 0 saturated carbocycles. The molecule has 2 aromatic heterocycles. The van der Waals surface area contributed by atoms with Gasteiger partial charge in [-0.25, -0.2) is 18.7 Å². The molecule has 2 N–H and O–H groups in total. The number of aromatic nitrogens is 3. The Balaban J connectivity index is 1.51. The van der Waals surface area contributed by atoms with Crippen LogP contribution in [0.5, 0.6) is 0 Å². The van der Waals surface area contributed by atoms with E-state index in [4.69, 9.17) is 0 Å². The van der Waals surface area contributed by atoms with Crippen molar-refractivity contribution in [3.05, 3.63) is 63.1 Å². The summed E-state index contributed by atoms with van der Waals surface area (Å²) in [5.74, 6) is -2.66. The molecule has 3 heterocycles. The number of pyridine rings is 1. The third-order valence-corrected chi connectivity index (χ3v) is 5.97. The second kappa shape index (κ2) is 8.81. The van der Waals surface area contributed by atoms with Crippen LogP contribution in [0.15, 0.2) is 23.0 Å². The van der Waals surface area contributed by atoms with E-state index in [1.807, 2.05) is 4.90 Å². The summed E-state index contributed by atoms with van der Waals surface area (Å²) in [4.78, 5) is 37.1. The Bertz CT molecular complexity index is 1300. The quantitative estimate of drug-likeness (QED) is 0.567. The minimum absolute atomic E-state index is 0.0169. The number of fused-ring (bicyclic) bond motifs is 1. The summed E-state index contributed by atoms with van der Waals surface area (Å²) < 4.78 is 44.1. The van der Waals surface area contributed by atoms with Crippen LogP contribution in [0, 0.1) is 24.5 Å². The van der Waals surface area contributed by atoms with Crippen LogP contribution in [-0.2, 0) is 6.54 Å². The van der Waals surface area contributed by atoms with E-state index in [-0.39, 0.29) is 46.3 Å². The van der Waals surface area contributed by atoms with Gasteiger partial charge in [-0.15, -0.1) is 0 Å². The fourth-order valence-electron chi connectivity index (χ4n) is 4.08. The highest BCUT2D eigenvalue weighted by Gasteiger charge is 2.29. The molecular formula is C22H23F3N6O2. The topological polar surface area (TPSA) is 94.2 Å². The van der Waals surface area contributed by atoms with Crippen molar-refractivity contribution in [1.82, 2.24) is 25.2 Å². The summed E-state index contributed by atoms with van der Waals surface area (Å²) in [5, 5.41) is 2.40. The molecule has 0 aliphatic carbocycles. The van der Waals surface area contributed by atoms with E-state index in [9.17, 15) is 18.4 Å². The Hall–Kier alpha value is -3.47. The number of halogens is 3. The van der Waals surface area contributed by atoms with Crippen LogP contribution < -0.4 is 15.8 Å². The van der Waals surface area contributed by atoms with Gasteiger partial charge in [0.25, 0.3) is 11.5 Å². The van der Waals surface area contributed by atoms with Crippen LogP contribution in [0.1, 0.15) is 28.2 Å². The molecule has 1 amide bonds. The van der Waals surface area contributed by atoms with Gasteiger partial charge in [-0.05, 0) is 31.5 Å². The third kappa shape index (κ3) is 4.28. The van der Waals surface area contributed by atoms with Crippen molar-refractivity contribution in [2.75, 3.05) is 32.1 Å². The maximum absolute atomic E-state index is 15.0. The fourth-order valence-corrected chi connectivity index (χ4v) is 4.08. The SMILES string of the molecule is CNC(=O)c1ccc(N(C)C2CCN(Cc3cc(F)c4nc(C)c(=O)[nH]c4c3F)C2)c(F)n1. The highest BCUT2D eigenvalue weighted by atomic mass is 19.1. The highest BCUT2D eigenvalue weighted by molar-refractivity contribution is 5.92. The lowest BCUT2D eigenvalue weighted by Crippen LogP contribution is -2.35. The van der Waals surface area contributed by atoms with Gasteiger partial charge in [0.05, 0.1) is 5.69 Å². The number of amides is 1. The average Bonchev–Trinajstić information content (AvgIpc) is 3.26. The summed E-state index contributed by atoms with van der Waals surface area (Å²) in [6.45, 7) is 2.61. The molecule has 11 heteroatoms. The van der Waals surface area contributed by atoms with Crippen LogP contribution in [0.2, 0.25) is 0 Å². The number of hydrogen-bond acceptors (Lipinski definition) is 6. The molecule has 1 saturated heterocycles.